The molecule has 0 atom stereocenters. The van der Waals surface area contributed by atoms with Crippen molar-refractivity contribution in [1.29, 1.82) is 0 Å². The van der Waals surface area contributed by atoms with Crippen molar-refractivity contribution in [2.24, 2.45) is 0 Å². The summed E-state index contributed by atoms with van der Waals surface area (Å²) in [4.78, 5) is 26.9. The van der Waals surface area contributed by atoms with E-state index >= 15 is 0 Å². The van der Waals surface area contributed by atoms with Crippen LogP contribution in [0.3, 0.4) is 0 Å². The Kier molecular flexibility index (Phi) is 3.65. The maximum absolute atomic E-state index is 12.2. The molecule has 3 aromatic rings. The van der Waals surface area contributed by atoms with Crippen LogP contribution >= 0.6 is 0 Å². The highest BCUT2D eigenvalue weighted by atomic mass is 16.5. The van der Waals surface area contributed by atoms with Crippen molar-refractivity contribution in [1.82, 2.24) is 9.55 Å². The zero-order chi connectivity index (χ0) is 15.5. The summed E-state index contributed by atoms with van der Waals surface area (Å²) >= 11 is 0. The molecule has 2 aromatic heterocycles. The van der Waals surface area contributed by atoms with Crippen LogP contribution in [0, 0.1) is 0 Å². The van der Waals surface area contributed by atoms with Crippen LogP contribution in [0.25, 0.3) is 11.0 Å². The summed E-state index contributed by atoms with van der Waals surface area (Å²) in [7, 11) is 1.29. The number of nitrogens with one attached hydrogen (secondary N) is 1. The first kappa shape index (κ1) is 13.9. The number of nitrogens with zero attached hydrogens (tertiary/aromatic N) is 1. The summed E-state index contributed by atoms with van der Waals surface area (Å²) in [5.41, 5.74) is 2.29. The Morgan fingerprint density at radius 1 is 1.23 bits per heavy atom. The summed E-state index contributed by atoms with van der Waals surface area (Å²) in [6.07, 6.45) is 2.52. The monoisotopic (exact) mass is 299 g/mol. The number of methoxy groups -OCH3 is 1. The number of hydrogen-bond donors (Lipinski definition) is 1. The van der Waals surface area contributed by atoms with E-state index in [9.17, 15) is 9.59 Å². The molecule has 1 aromatic carbocycles. The van der Waals surface area contributed by atoms with Crippen LogP contribution in [0.2, 0.25) is 0 Å². The number of aromatic amines is 1. The molecule has 0 aliphatic carbocycles. The van der Waals surface area contributed by atoms with Crippen LogP contribution in [-0.4, -0.2) is 28.7 Å². The fourth-order valence-corrected chi connectivity index (χ4v) is 2.25. The number of carbonyl (C=O) groups excluding carboxylic acids is 2. The molecular formula is C16H15N2O4+. The first-order chi connectivity index (χ1) is 10.7. The quantitative estimate of drug-likeness (QED) is 0.754. The van der Waals surface area contributed by atoms with Crippen LogP contribution in [0.4, 0.5) is 4.79 Å². The van der Waals surface area contributed by atoms with Crippen molar-refractivity contribution in [3.63, 3.8) is 0 Å². The lowest BCUT2D eigenvalue weighted by Gasteiger charge is -2.05. The van der Waals surface area contributed by atoms with Crippen molar-refractivity contribution >= 4 is 23.1 Å². The highest BCUT2D eigenvalue weighted by molar-refractivity contribution is 6.05. The minimum atomic E-state index is -0.552. The lowest BCUT2D eigenvalue weighted by atomic mass is 10.2. The molecule has 6 heteroatoms. The highest BCUT2D eigenvalue weighted by Gasteiger charge is 2.20. The molecule has 0 aliphatic rings. The Morgan fingerprint density at radius 2 is 2.00 bits per heavy atom. The van der Waals surface area contributed by atoms with Gasteiger partial charge in [0.05, 0.1) is 18.1 Å². The molecule has 6 nitrogen and oxygen atoms in total. The van der Waals surface area contributed by atoms with Gasteiger partial charge >= 0.3 is 13.5 Å². The van der Waals surface area contributed by atoms with Gasteiger partial charge in [0.25, 0.3) is 0 Å². The van der Waals surface area contributed by atoms with Crippen LogP contribution in [0.15, 0.2) is 48.8 Å². The van der Waals surface area contributed by atoms with E-state index in [0.717, 1.165) is 5.56 Å². The number of esters is 1. The Hall–Kier alpha value is -3.02. The average molecular weight is 299 g/mol. The molecule has 0 spiro atoms. The topological polar surface area (TPSA) is 73.3 Å². The van der Waals surface area contributed by atoms with Gasteiger partial charge in [0, 0.05) is 12.4 Å². The lowest BCUT2D eigenvalue weighted by molar-refractivity contribution is 0.0602. The maximum Gasteiger partial charge on any atom is 1.00 e. The van der Waals surface area contributed by atoms with E-state index < -0.39 is 12.1 Å². The molecule has 0 amide bonds. The Morgan fingerprint density at radius 3 is 2.73 bits per heavy atom. The number of fused-ring (bicyclic) bond motifs is 1. The van der Waals surface area contributed by atoms with E-state index in [1.807, 2.05) is 30.3 Å². The maximum atomic E-state index is 12.2. The third-order valence-corrected chi connectivity index (χ3v) is 3.32. The van der Waals surface area contributed by atoms with Gasteiger partial charge < -0.3 is 14.5 Å². The fraction of sp³-hybridized carbons (Fsp3) is 0.125. The molecule has 0 saturated carbocycles. The summed E-state index contributed by atoms with van der Waals surface area (Å²) in [6.45, 7) is 0.164. The molecule has 3 rings (SSSR count). The Bertz CT molecular complexity index is 823. The van der Waals surface area contributed by atoms with Gasteiger partial charge in [-0.3, -0.25) is 4.57 Å². The minimum absolute atomic E-state index is 0. The van der Waals surface area contributed by atoms with E-state index in [4.69, 9.17) is 9.47 Å². The van der Waals surface area contributed by atoms with Crippen LogP contribution < -0.4 is 0 Å². The number of hydrogen-bond acceptors (Lipinski definition) is 4. The molecule has 1 N–H and O–H groups in total. The van der Waals surface area contributed by atoms with E-state index in [0.29, 0.717) is 16.6 Å². The smallest absolute Gasteiger partial charge is 0.465 e. The molecule has 0 fully saturated rings. The van der Waals surface area contributed by atoms with Crippen molar-refractivity contribution in [2.75, 3.05) is 7.11 Å². The minimum Gasteiger partial charge on any atom is -0.465 e. The number of aromatic nitrogens is 2. The van der Waals surface area contributed by atoms with Gasteiger partial charge in [-0.15, -0.1) is 0 Å². The van der Waals surface area contributed by atoms with Gasteiger partial charge in [-0.2, -0.15) is 0 Å². The van der Waals surface area contributed by atoms with Crippen molar-refractivity contribution in [3.05, 3.63) is 59.9 Å². The summed E-state index contributed by atoms with van der Waals surface area (Å²) in [6, 6.07) is 11.1. The molecule has 0 bridgehead atoms. The summed E-state index contributed by atoms with van der Waals surface area (Å²) in [5, 5.41) is 0. The number of benzene rings is 1. The molecular weight excluding hydrogens is 284 g/mol. The van der Waals surface area contributed by atoms with Crippen molar-refractivity contribution in [2.45, 2.75) is 6.61 Å². The van der Waals surface area contributed by atoms with Crippen molar-refractivity contribution in [3.8, 4) is 0 Å². The van der Waals surface area contributed by atoms with E-state index in [-0.39, 0.29) is 8.03 Å². The predicted octanol–water partition coefficient (Wildman–Crippen LogP) is 3.05. The number of carbonyl (C=O) groups is 2. The van der Waals surface area contributed by atoms with Crippen LogP contribution in [-0.2, 0) is 16.1 Å². The molecule has 0 saturated heterocycles. The van der Waals surface area contributed by atoms with E-state index in [2.05, 4.69) is 4.98 Å². The van der Waals surface area contributed by atoms with Crippen LogP contribution in [0.1, 0.15) is 17.3 Å². The summed E-state index contributed by atoms with van der Waals surface area (Å²) < 4.78 is 11.3. The van der Waals surface area contributed by atoms with Gasteiger partial charge in [0.1, 0.15) is 12.2 Å². The fourth-order valence-electron chi connectivity index (χ4n) is 2.25. The van der Waals surface area contributed by atoms with Crippen LogP contribution in [0.5, 0.6) is 0 Å². The number of ether oxygens (including phenoxy) is 2. The zero-order valence-electron chi connectivity index (χ0n) is 12.9. The molecule has 0 aliphatic heterocycles. The first-order valence-corrected chi connectivity index (χ1v) is 6.68. The number of rotatable bonds is 3. The lowest BCUT2D eigenvalue weighted by Crippen LogP contribution is -2.12. The first-order valence-electron chi connectivity index (χ1n) is 6.68. The molecule has 2 heterocycles. The Labute approximate surface area is 127 Å². The molecule has 0 unspecified atom stereocenters. The summed E-state index contributed by atoms with van der Waals surface area (Å²) in [5.74, 6) is -0.512. The largest absolute Gasteiger partial charge is 1.00 e. The predicted molar refractivity (Wildman–Crippen MR) is 80.8 cm³/mol. The second kappa shape index (κ2) is 5.77. The average Bonchev–Trinajstić information content (AvgIpc) is 3.15. The second-order valence-corrected chi connectivity index (χ2v) is 4.68. The van der Waals surface area contributed by atoms with Crippen molar-refractivity contribution < 1.29 is 20.5 Å². The SMILES string of the molecule is COC(=O)c1cn(C(=O)OCc2ccccc2)c2cc[nH]c12.[H+]. The van der Waals surface area contributed by atoms with Gasteiger partial charge in [-0.1, -0.05) is 30.3 Å². The van der Waals surface area contributed by atoms with E-state index in [1.54, 1.807) is 12.3 Å². The van der Waals surface area contributed by atoms with Gasteiger partial charge in [-0.25, -0.2) is 9.59 Å². The van der Waals surface area contributed by atoms with Gasteiger partial charge in [0.15, 0.2) is 0 Å². The highest BCUT2D eigenvalue weighted by Crippen LogP contribution is 2.21. The second-order valence-electron chi connectivity index (χ2n) is 4.68. The third kappa shape index (κ3) is 2.46. The standard InChI is InChI=1S/C16H14N2O4/c1-21-15(19)12-9-18(13-7-8-17-14(12)13)16(20)22-10-11-5-3-2-4-6-11/h2-9,17H,10H2,1H3/p+1. The normalized spacial score (nSPS) is 10.6. The van der Waals surface area contributed by atoms with E-state index in [1.165, 1.54) is 17.9 Å². The molecule has 112 valence electrons. The molecule has 22 heavy (non-hydrogen) atoms. The third-order valence-electron chi connectivity index (χ3n) is 3.32. The van der Waals surface area contributed by atoms with Gasteiger partial charge in [-0.05, 0) is 11.6 Å². The zero-order valence-corrected chi connectivity index (χ0v) is 11.9. The Balaban J connectivity index is 0.00000192. The number of H-pyrrole nitrogens is 1. The van der Waals surface area contributed by atoms with Gasteiger partial charge in [0.2, 0.25) is 0 Å². The molecule has 0 radical (unpaired) electrons.